The van der Waals surface area contributed by atoms with Gasteiger partial charge in [0.15, 0.2) is 6.29 Å². The van der Waals surface area contributed by atoms with E-state index in [1.807, 2.05) is 0 Å². The number of aliphatic hydroxyl groups excluding tert-OH is 5. The lowest BCUT2D eigenvalue weighted by Gasteiger charge is -2.22. The van der Waals surface area contributed by atoms with Crippen LogP contribution in [0.2, 0.25) is 0 Å². The number of rotatable bonds is 12. The topological polar surface area (TPSA) is 156 Å². The van der Waals surface area contributed by atoms with Gasteiger partial charge in [-0.3, -0.25) is 4.79 Å². The molecule has 0 radical (unpaired) electrons. The van der Waals surface area contributed by atoms with Gasteiger partial charge in [-0.1, -0.05) is 39.0 Å². The monoisotopic (exact) mass is 338 g/mol. The second-order valence-corrected chi connectivity index (χ2v) is 5.27. The normalized spacial score (nSPS) is 15.7. The van der Waals surface area contributed by atoms with E-state index in [4.69, 9.17) is 30.6 Å². The lowest BCUT2D eigenvalue weighted by atomic mass is 10.0. The zero-order valence-corrected chi connectivity index (χ0v) is 13.5. The predicted octanol–water partition coefficient (Wildman–Crippen LogP) is -0.557. The van der Waals surface area contributed by atoms with Crippen molar-refractivity contribution in [3.05, 3.63) is 0 Å². The van der Waals surface area contributed by atoms with Gasteiger partial charge in [-0.2, -0.15) is 0 Å². The third-order valence-electron chi connectivity index (χ3n) is 3.16. The highest BCUT2D eigenvalue weighted by molar-refractivity contribution is 5.66. The van der Waals surface area contributed by atoms with Crippen LogP contribution in [-0.4, -0.2) is 73.9 Å². The molecule has 0 saturated carbocycles. The highest BCUT2D eigenvalue weighted by Crippen LogP contribution is 2.06. The molecule has 0 aliphatic heterocycles. The third-order valence-corrected chi connectivity index (χ3v) is 3.16. The molecule has 4 atom stereocenters. The fourth-order valence-corrected chi connectivity index (χ4v) is 1.67. The van der Waals surface area contributed by atoms with Gasteiger partial charge in [-0.05, 0) is 6.42 Å². The standard InChI is InChI=1S/C9H18O2.C6H12O6/c1-2-3-4-5-6-7-8-9(10)11;7-1-3(9)5(11)6(12)4(10)2-8/h2-8H2,1H3,(H,10,11);1,3-6,8-12H,2H2/t;3-,4+,5+,6-/m.0/s1. The first kappa shape index (κ1) is 24.2. The van der Waals surface area contributed by atoms with Crippen LogP contribution in [0.3, 0.4) is 0 Å². The lowest BCUT2D eigenvalue weighted by molar-refractivity contribution is -0.137. The maximum Gasteiger partial charge on any atom is 0.303 e. The minimum absolute atomic E-state index is 0.0258. The number of carbonyl (C=O) groups is 2. The quantitative estimate of drug-likeness (QED) is 0.204. The van der Waals surface area contributed by atoms with Crippen LogP contribution in [0, 0.1) is 0 Å². The van der Waals surface area contributed by atoms with Crippen molar-refractivity contribution >= 4 is 12.3 Å². The summed E-state index contributed by atoms with van der Waals surface area (Å²) in [5.41, 5.74) is 0. The number of hydrogen-bond acceptors (Lipinski definition) is 7. The molecule has 0 saturated heterocycles. The van der Waals surface area contributed by atoms with E-state index in [1.54, 1.807) is 0 Å². The van der Waals surface area contributed by atoms with E-state index in [9.17, 15) is 9.59 Å². The molecule has 0 heterocycles. The summed E-state index contributed by atoms with van der Waals surface area (Å²) in [4.78, 5) is 20.0. The van der Waals surface area contributed by atoms with Crippen molar-refractivity contribution in [3.8, 4) is 0 Å². The highest BCUT2D eigenvalue weighted by atomic mass is 16.4. The van der Waals surface area contributed by atoms with E-state index in [2.05, 4.69) is 6.92 Å². The predicted molar refractivity (Wildman–Crippen MR) is 82.8 cm³/mol. The Morgan fingerprint density at radius 1 is 0.957 bits per heavy atom. The van der Waals surface area contributed by atoms with E-state index in [-0.39, 0.29) is 6.29 Å². The van der Waals surface area contributed by atoms with Crippen molar-refractivity contribution in [1.29, 1.82) is 0 Å². The van der Waals surface area contributed by atoms with Gasteiger partial charge >= 0.3 is 5.97 Å². The summed E-state index contributed by atoms with van der Waals surface area (Å²) in [6, 6.07) is 0. The second-order valence-electron chi connectivity index (χ2n) is 5.27. The average Bonchev–Trinajstić information content (AvgIpc) is 2.55. The van der Waals surface area contributed by atoms with E-state index >= 15 is 0 Å². The molecule has 0 spiro atoms. The number of aliphatic hydroxyl groups is 5. The Balaban J connectivity index is 0. The summed E-state index contributed by atoms with van der Waals surface area (Å²) in [5, 5.41) is 51.9. The van der Waals surface area contributed by atoms with E-state index < -0.39 is 37.0 Å². The van der Waals surface area contributed by atoms with Crippen molar-refractivity contribution in [2.45, 2.75) is 76.3 Å². The molecule has 0 aromatic rings. The molecule has 0 aliphatic carbocycles. The van der Waals surface area contributed by atoms with Gasteiger partial charge in [0.2, 0.25) is 0 Å². The molecule has 0 unspecified atom stereocenters. The molecule has 0 bridgehead atoms. The first-order chi connectivity index (χ1) is 10.8. The molecule has 23 heavy (non-hydrogen) atoms. The number of hydrogen-bond donors (Lipinski definition) is 6. The first-order valence-electron chi connectivity index (χ1n) is 7.81. The zero-order valence-electron chi connectivity index (χ0n) is 13.5. The van der Waals surface area contributed by atoms with Gasteiger partial charge in [-0.25, -0.2) is 0 Å². The number of carbonyl (C=O) groups excluding carboxylic acids is 1. The van der Waals surface area contributed by atoms with Gasteiger partial charge < -0.3 is 35.4 Å². The molecule has 6 N–H and O–H groups in total. The number of aldehydes is 1. The number of carboxylic acid groups (broad SMARTS) is 1. The molecule has 8 heteroatoms. The van der Waals surface area contributed by atoms with Gasteiger partial charge in [0.1, 0.15) is 24.4 Å². The van der Waals surface area contributed by atoms with Crippen LogP contribution in [0.25, 0.3) is 0 Å². The summed E-state index contributed by atoms with van der Waals surface area (Å²) < 4.78 is 0. The van der Waals surface area contributed by atoms with Gasteiger partial charge in [-0.15, -0.1) is 0 Å². The number of unbranched alkanes of at least 4 members (excludes halogenated alkanes) is 5. The van der Waals surface area contributed by atoms with Crippen molar-refractivity contribution in [3.63, 3.8) is 0 Å². The average molecular weight is 338 g/mol. The minimum Gasteiger partial charge on any atom is -0.481 e. The maximum atomic E-state index is 10.1. The molecular formula is C15H30O8. The van der Waals surface area contributed by atoms with Crippen LogP contribution in [0.5, 0.6) is 0 Å². The van der Waals surface area contributed by atoms with Crippen LogP contribution in [0.4, 0.5) is 0 Å². The van der Waals surface area contributed by atoms with E-state index in [0.29, 0.717) is 6.42 Å². The lowest BCUT2D eigenvalue weighted by Crippen LogP contribution is -2.46. The molecule has 0 aromatic heterocycles. The Labute approximate surface area is 136 Å². The van der Waals surface area contributed by atoms with Crippen molar-refractivity contribution in [1.82, 2.24) is 0 Å². The summed E-state index contributed by atoms with van der Waals surface area (Å²) in [5.74, 6) is -0.666. The van der Waals surface area contributed by atoms with Crippen molar-refractivity contribution in [2.75, 3.05) is 6.61 Å². The van der Waals surface area contributed by atoms with Gasteiger partial charge in [0.05, 0.1) is 6.61 Å². The fraction of sp³-hybridized carbons (Fsp3) is 0.867. The van der Waals surface area contributed by atoms with Crippen LogP contribution in [0.15, 0.2) is 0 Å². The summed E-state index contributed by atoms with van der Waals surface area (Å²) in [7, 11) is 0. The Morgan fingerprint density at radius 3 is 1.91 bits per heavy atom. The molecule has 0 aliphatic rings. The molecule has 0 amide bonds. The largest absolute Gasteiger partial charge is 0.481 e. The summed E-state index contributed by atoms with van der Waals surface area (Å²) in [6.07, 6.45) is 0.411. The van der Waals surface area contributed by atoms with Gasteiger partial charge in [0.25, 0.3) is 0 Å². The summed E-state index contributed by atoms with van der Waals surface area (Å²) in [6.45, 7) is 1.42. The van der Waals surface area contributed by atoms with Crippen LogP contribution < -0.4 is 0 Å². The zero-order chi connectivity index (χ0) is 18.3. The second kappa shape index (κ2) is 15.8. The Hall–Kier alpha value is -1.06. The Bertz CT molecular complexity index is 297. The maximum absolute atomic E-state index is 10.1. The minimum atomic E-state index is -1.79. The highest BCUT2D eigenvalue weighted by Gasteiger charge is 2.29. The van der Waals surface area contributed by atoms with Crippen LogP contribution in [0.1, 0.15) is 51.9 Å². The van der Waals surface area contributed by atoms with E-state index in [1.165, 1.54) is 25.7 Å². The van der Waals surface area contributed by atoms with Crippen molar-refractivity contribution in [2.24, 2.45) is 0 Å². The smallest absolute Gasteiger partial charge is 0.303 e. The first-order valence-corrected chi connectivity index (χ1v) is 7.81. The Kier molecular flexibility index (Phi) is 16.6. The molecule has 0 rings (SSSR count). The van der Waals surface area contributed by atoms with Crippen LogP contribution >= 0.6 is 0 Å². The fourth-order valence-electron chi connectivity index (χ4n) is 1.67. The van der Waals surface area contributed by atoms with Gasteiger partial charge in [0, 0.05) is 6.42 Å². The molecule has 138 valence electrons. The summed E-state index contributed by atoms with van der Waals surface area (Å²) >= 11 is 0. The Morgan fingerprint density at radius 2 is 1.48 bits per heavy atom. The molecule has 0 aromatic carbocycles. The van der Waals surface area contributed by atoms with Crippen LogP contribution in [-0.2, 0) is 9.59 Å². The third kappa shape index (κ3) is 14.3. The number of carboxylic acids is 1. The van der Waals surface area contributed by atoms with E-state index in [0.717, 1.165) is 12.8 Å². The van der Waals surface area contributed by atoms with Crippen molar-refractivity contribution < 1.29 is 40.2 Å². The molecule has 8 nitrogen and oxygen atoms in total. The number of aliphatic carboxylic acids is 1. The molecular weight excluding hydrogens is 308 g/mol. The SMILES string of the molecule is CCCCCCCCC(=O)O.O=C[C@H](O)[C@@H](O)[C@@H](O)[C@H](O)CO. The molecule has 0 fully saturated rings.